The highest BCUT2D eigenvalue weighted by Gasteiger charge is 2.12. The molecule has 3 aromatic rings. The minimum absolute atomic E-state index is 0.577. The predicted molar refractivity (Wildman–Crippen MR) is 74.7 cm³/mol. The van der Waals surface area contributed by atoms with Crippen LogP contribution in [-0.4, -0.2) is 19.5 Å². The summed E-state index contributed by atoms with van der Waals surface area (Å²) in [5, 5.41) is 4.88. The van der Waals surface area contributed by atoms with Gasteiger partial charge in [-0.05, 0) is 30.6 Å². The Morgan fingerprint density at radius 2 is 2.11 bits per heavy atom. The van der Waals surface area contributed by atoms with Crippen LogP contribution in [0.25, 0.3) is 22.8 Å². The molecule has 0 unspecified atom stereocenters. The van der Waals surface area contributed by atoms with Crippen LogP contribution in [0.4, 0.5) is 0 Å². The molecule has 0 aromatic carbocycles. The summed E-state index contributed by atoms with van der Waals surface area (Å²) in [5.74, 6) is 1.16. The first kappa shape index (κ1) is 13.4. The van der Waals surface area contributed by atoms with Crippen LogP contribution in [0.1, 0.15) is 18.9 Å². The summed E-state index contributed by atoms with van der Waals surface area (Å²) in [6.07, 6.45) is 3.46. The molecule has 0 spiro atoms. The molecule has 0 aliphatic heterocycles. The standard InChI is InChI=1S/C11H8N4OS.C2H6/c1-7-13-11(15-17-7)10-5-9(14-16-10)8-3-2-4-12-6-8;1-2/h2-6H,1H3;1-2H3. The molecule has 0 bridgehead atoms. The van der Waals surface area contributed by atoms with E-state index in [0.717, 1.165) is 16.3 Å². The van der Waals surface area contributed by atoms with E-state index in [1.165, 1.54) is 11.5 Å². The van der Waals surface area contributed by atoms with Crippen molar-refractivity contribution in [3.63, 3.8) is 0 Å². The highest BCUT2D eigenvalue weighted by molar-refractivity contribution is 7.05. The fraction of sp³-hybridized carbons (Fsp3) is 0.231. The Kier molecular flexibility index (Phi) is 4.35. The van der Waals surface area contributed by atoms with Crippen molar-refractivity contribution in [3.05, 3.63) is 35.6 Å². The van der Waals surface area contributed by atoms with Crippen molar-refractivity contribution in [2.45, 2.75) is 20.8 Å². The summed E-state index contributed by atoms with van der Waals surface area (Å²) < 4.78 is 9.40. The zero-order valence-electron chi connectivity index (χ0n) is 11.0. The van der Waals surface area contributed by atoms with Crippen molar-refractivity contribution >= 4 is 11.5 Å². The van der Waals surface area contributed by atoms with Gasteiger partial charge in [-0.1, -0.05) is 19.0 Å². The van der Waals surface area contributed by atoms with Crippen LogP contribution >= 0.6 is 11.5 Å². The molecule has 0 aliphatic rings. The maximum atomic E-state index is 5.22. The fourth-order valence-corrected chi connectivity index (χ4v) is 1.91. The van der Waals surface area contributed by atoms with E-state index in [-0.39, 0.29) is 0 Å². The maximum Gasteiger partial charge on any atom is 0.211 e. The predicted octanol–water partition coefficient (Wildman–Crippen LogP) is 3.59. The topological polar surface area (TPSA) is 64.7 Å². The SMILES string of the molecule is CC.Cc1nc(-c2cc(-c3cccnc3)no2)ns1. The molecule has 0 saturated heterocycles. The second-order valence-electron chi connectivity index (χ2n) is 3.46. The van der Waals surface area contributed by atoms with Gasteiger partial charge in [-0.15, -0.1) is 0 Å². The minimum atomic E-state index is 0.577. The van der Waals surface area contributed by atoms with E-state index >= 15 is 0 Å². The van der Waals surface area contributed by atoms with Crippen LogP contribution in [0.15, 0.2) is 35.1 Å². The highest BCUT2D eigenvalue weighted by Crippen LogP contribution is 2.24. The summed E-state index contributed by atoms with van der Waals surface area (Å²) in [7, 11) is 0. The lowest BCUT2D eigenvalue weighted by Crippen LogP contribution is -1.77. The van der Waals surface area contributed by atoms with Crippen LogP contribution in [0, 0.1) is 6.92 Å². The van der Waals surface area contributed by atoms with Crippen molar-refractivity contribution in [2.75, 3.05) is 0 Å². The summed E-state index contributed by atoms with van der Waals surface area (Å²) in [6, 6.07) is 5.60. The molecule has 0 N–H and O–H groups in total. The number of hydrogen-bond donors (Lipinski definition) is 0. The summed E-state index contributed by atoms with van der Waals surface area (Å²) >= 11 is 1.34. The molecule has 3 aromatic heterocycles. The van der Waals surface area contributed by atoms with Crippen molar-refractivity contribution in [2.24, 2.45) is 0 Å². The van der Waals surface area contributed by atoms with Gasteiger partial charge in [0.2, 0.25) is 11.6 Å². The van der Waals surface area contributed by atoms with Gasteiger partial charge in [0.05, 0.1) is 0 Å². The highest BCUT2D eigenvalue weighted by atomic mass is 32.1. The Labute approximate surface area is 115 Å². The monoisotopic (exact) mass is 274 g/mol. The molecule has 5 nitrogen and oxygen atoms in total. The van der Waals surface area contributed by atoms with E-state index < -0.39 is 0 Å². The van der Waals surface area contributed by atoms with Gasteiger partial charge in [-0.2, -0.15) is 4.37 Å². The summed E-state index contributed by atoms with van der Waals surface area (Å²) in [5.41, 5.74) is 1.65. The first-order valence-corrected chi connectivity index (χ1v) is 6.78. The Morgan fingerprint density at radius 3 is 2.74 bits per heavy atom. The van der Waals surface area contributed by atoms with Gasteiger partial charge in [0.15, 0.2) is 0 Å². The molecule has 0 radical (unpaired) electrons. The smallest absolute Gasteiger partial charge is 0.211 e. The van der Waals surface area contributed by atoms with E-state index in [9.17, 15) is 0 Å². The van der Waals surface area contributed by atoms with E-state index in [1.807, 2.05) is 39.0 Å². The molecule has 0 fully saturated rings. The van der Waals surface area contributed by atoms with E-state index in [2.05, 4.69) is 19.5 Å². The molecule has 0 aliphatic carbocycles. The second kappa shape index (κ2) is 6.19. The van der Waals surface area contributed by atoms with E-state index in [4.69, 9.17) is 4.52 Å². The number of aryl methyl sites for hydroxylation is 1. The fourth-order valence-electron chi connectivity index (χ4n) is 1.43. The molecule has 0 atom stereocenters. The zero-order chi connectivity index (χ0) is 13.7. The molecule has 0 saturated carbocycles. The van der Waals surface area contributed by atoms with Crippen molar-refractivity contribution in [1.82, 2.24) is 19.5 Å². The first-order valence-electron chi connectivity index (χ1n) is 6.01. The van der Waals surface area contributed by atoms with Gasteiger partial charge in [0.25, 0.3) is 0 Å². The van der Waals surface area contributed by atoms with Crippen molar-refractivity contribution < 1.29 is 4.52 Å². The molecular weight excluding hydrogens is 260 g/mol. The Hall–Kier alpha value is -2.08. The minimum Gasteiger partial charge on any atom is -0.352 e. The van der Waals surface area contributed by atoms with Gasteiger partial charge < -0.3 is 4.52 Å². The third kappa shape index (κ3) is 3.03. The Morgan fingerprint density at radius 1 is 1.26 bits per heavy atom. The summed E-state index contributed by atoms with van der Waals surface area (Å²) in [6.45, 7) is 5.90. The maximum absolute atomic E-state index is 5.22. The normalized spacial score (nSPS) is 9.84. The van der Waals surface area contributed by atoms with Crippen LogP contribution in [-0.2, 0) is 0 Å². The molecule has 98 valence electrons. The molecule has 19 heavy (non-hydrogen) atoms. The van der Waals surface area contributed by atoms with Crippen molar-refractivity contribution in [1.29, 1.82) is 0 Å². The largest absolute Gasteiger partial charge is 0.352 e. The van der Waals surface area contributed by atoms with Crippen LogP contribution in [0.3, 0.4) is 0 Å². The number of hydrogen-bond acceptors (Lipinski definition) is 6. The van der Waals surface area contributed by atoms with Crippen LogP contribution in [0.2, 0.25) is 0 Å². The van der Waals surface area contributed by atoms with E-state index in [0.29, 0.717) is 11.6 Å². The molecule has 6 heteroatoms. The van der Waals surface area contributed by atoms with Gasteiger partial charge in [0, 0.05) is 24.0 Å². The molecular formula is C13H14N4OS. The molecule has 3 rings (SSSR count). The Balaban J connectivity index is 0.000000637. The van der Waals surface area contributed by atoms with Gasteiger partial charge in [-0.25, -0.2) is 4.98 Å². The van der Waals surface area contributed by atoms with Crippen LogP contribution in [0.5, 0.6) is 0 Å². The number of pyridine rings is 1. The lowest BCUT2D eigenvalue weighted by atomic mass is 10.2. The second-order valence-corrected chi connectivity index (χ2v) is 4.41. The lowest BCUT2D eigenvalue weighted by molar-refractivity contribution is 0.432. The third-order valence-corrected chi connectivity index (χ3v) is 2.84. The number of rotatable bonds is 2. The van der Waals surface area contributed by atoms with Crippen LogP contribution < -0.4 is 0 Å². The first-order chi connectivity index (χ1) is 9.33. The lowest BCUT2D eigenvalue weighted by Gasteiger charge is -1.90. The summed E-state index contributed by atoms with van der Waals surface area (Å²) in [4.78, 5) is 8.28. The molecule has 3 heterocycles. The zero-order valence-corrected chi connectivity index (χ0v) is 11.8. The number of aromatic nitrogens is 4. The third-order valence-electron chi connectivity index (χ3n) is 2.22. The quantitative estimate of drug-likeness (QED) is 0.714. The van der Waals surface area contributed by atoms with Gasteiger partial charge >= 0.3 is 0 Å². The Bertz CT molecular complexity index is 633. The van der Waals surface area contributed by atoms with Crippen molar-refractivity contribution in [3.8, 4) is 22.8 Å². The average molecular weight is 274 g/mol. The molecule has 0 amide bonds. The van der Waals surface area contributed by atoms with Gasteiger partial charge in [-0.3, -0.25) is 4.98 Å². The van der Waals surface area contributed by atoms with Gasteiger partial charge in [0.1, 0.15) is 10.7 Å². The average Bonchev–Trinajstić information content (AvgIpc) is 3.10. The van der Waals surface area contributed by atoms with E-state index in [1.54, 1.807) is 12.4 Å². The number of nitrogens with zero attached hydrogens (tertiary/aromatic N) is 4.